The van der Waals surface area contributed by atoms with Gasteiger partial charge in [-0.25, -0.2) is 0 Å². The van der Waals surface area contributed by atoms with Crippen molar-refractivity contribution in [2.24, 2.45) is 5.41 Å². The fourth-order valence-electron chi connectivity index (χ4n) is 0.681. The van der Waals surface area contributed by atoms with Gasteiger partial charge in [-0.1, -0.05) is 20.8 Å². The first-order valence-corrected chi connectivity index (χ1v) is 3.91. The van der Waals surface area contributed by atoms with Crippen molar-refractivity contribution in [3.8, 4) is 0 Å². The quantitative estimate of drug-likeness (QED) is 0.571. The van der Waals surface area contributed by atoms with E-state index in [4.69, 9.17) is 11.6 Å². The Morgan fingerprint density at radius 3 is 2.00 bits per heavy atom. The maximum absolute atomic E-state index is 10.7. The third kappa shape index (κ3) is 4.80. The van der Waals surface area contributed by atoms with Crippen LogP contribution in [0.1, 0.15) is 34.1 Å². The van der Waals surface area contributed by atoms with Gasteiger partial charge in [-0.3, -0.25) is 4.79 Å². The number of halogens is 1. The van der Waals surface area contributed by atoms with E-state index in [-0.39, 0.29) is 16.6 Å². The Kier molecular flexibility index (Phi) is 3.37. The van der Waals surface area contributed by atoms with Gasteiger partial charge in [0.15, 0.2) is 0 Å². The normalized spacial score (nSPS) is 14.9. The van der Waals surface area contributed by atoms with E-state index >= 15 is 0 Å². The van der Waals surface area contributed by atoms with E-state index in [2.05, 4.69) is 20.8 Å². The SMILES string of the molecule is CC(=O)[C@H](Cl)CC(C)(C)C. The molecule has 0 rings (SSSR count). The van der Waals surface area contributed by atoms with E-state index in [0.717, 1.165) is 6.42 Å². The average Bonchev–Trinajstić information content (AvgIpc) is 1.60. The summed E-state index contributed by atoms with van der Waals surface area (Å²) in [6.07, 6.45) is 0.754. The van der Waals surface area contributed by atoms with Crippen molar-refractivity contribution in [2.45, 2.75) is 39.5 Å². The third-order valence-electron chi connectivity index (χ3n) is 1.23. The van der Waals surface area contributed by atoms with Gasteiger partial charge in [0.05, 0.1) is 5.38 Å². The lowest BCUT2D eigenvalue weighted by atomic mass is 9.89. The van der Waals surface area contributed by atoms with Crippen LogP contribution in [0.3, 0.4) is 0 Å². The molecule has 0 bridgehead atoms. The number of Topliss-reactive ketones (excluding diaryl/α,β-unsaturated/α-hetero) is 1. The summed E-state index contributed by atoms with van der Waals surface area (Å²) in [5.41, 5.74) is 0.151. The first kappa shape index (κ1) is 9.96. The fraction of sp³-hybridized carbons (Fsp3) is 0.875. The molecular formula is C8H15ClO. The molecule has 0 aromatic carbocycles. The first-order chi connectivity index (χ1) is 4.33. The number of rotatable bonds is 2. The highest BCUT2D eigenvalue weighted by molar-refractivity contribution is 6.30. The van der Waals surface area contributed by atoms with E-state index in [1.165, 1.54) is 6.92 Å². The fourth-order valence-corrected chi connectivity index (χ4v) is 1.14. The lowest BCUT2D eigenvalue weighted by molar-refractivity contribution is -0.117. The van der Waals surface area contributed by atoms with Crippen molar-refractivity contribution >= 4 is 17.4 Å². The van der Waals surface area contributed by atoms with E-state index in [1.54, 1.807) is 0 Å². The van der Waals surface area contributed by atoms with Gasteiger partial charge in [0, 0.05) is 0 Å². The van der Waals surface area contributed by atoms with Crippen molar-refractivity contribution in [3.05, 3.63) is 0 Å². The number of carbonyl (C=O) groups excluding carboxylic acids is 1. The zero-order valence-electron chi connectivity index (χ0n) is 7.07. The molecule has 0 unspecified atom stereocenters. The molecule has 0 N–H and O–H groups in total. The second-order valence-corrected chi connectivity index (χ2v) is 4.37. The Morgan fingerprint density at radius 2 is 1.90 bits per heavy atom. The van der Waals surface area contributed by atoms with Crippen LogP contribution in [-0.2, 0) is 4.79 Å². The number of ketones is 1. The Balaban J connectivity index is 3.80. The molecule has 0 aliphatic heterocycles. The van der Waals surface area contributed by atoms with E-state index < -0.39 is 0 Å². The molecule has 2 heteroatoms. The zero-order valence-corrected chi connectivity index (χ0v) is 7.83. The summed E-state index contributed by atoms with van der Waals surface area (Å²) in [6.45, 7) is 7.76. The third-order valence-corrected chi connectivity index (χ3v) is 1.69. The van der Waals surface area contributed by atoms with Gasteiger partial charge in [0.25, 0.3) is 0 Å². The van der Waals surface area contributed by atoms with Gasteiger partial charge in [-0.2, -0.15) is 0 Å². The van der Waals surface area contributed by atoms with Gasteiger partial charge in [0.2, 0.25) is 0 Å². The molecular weight excluding hydrogens is 148 g/mol. The molecule has 0 spiro atoms. The minimum atomic E-state index is -0.306. The van der Waals surface area contributed by atoms with Gasteiger partial charge in [-0.05, 0) is 18.8 Å². The molecule has 1 nitrogen and oxygen atoms in total. The minimum absolute atomic E-state index is 0.0663. The summed E-state index contributed by atoms with van der Waals surface area (Å²) in [5.74, 6) is 0.0663. The standard InChI is InChI=1S/C8H15ClO/c1-6(10)7(9)5-8(2,3)4/h7H,5H2,1-4H3/t7-/m1/s1. The molecule has 10 heavy (non-hydrogen) atoms. The maximum atomic E-state index is 10.7. The summed E-state index contributed by atoms with van der Waals surface area (Å²) in [4.78, 5) is 10.7. The van der Waals surface area contributed by atoms with Crippen molar-refractivity contribution in [1.82, 2.24) is 0 Å². The monoisotopic (exact) mass is 162 g/mol. The van der Waals surface area contributed by atoms with Gasteiger partial charge in [0.1, 0.15) is 5.78 Å². The largest absolute Gasteiger partial charge is 0.298 e. The van der Waals surface area contributed by atoms with Crippen LogP contribution in [0.2, 0.25) is 0 Å². The Labute approximate surface area is 67.8 Å². The summed E-state index contributed by atoms with van der Waals surface area (Å²) >= 11 is 5.75. The highest BCUT2D eigenvalue weighted by Gasteiger charge is 2.19. The van der Waals surface area contributed by atoms with Crippen LogP contribution in [-0.4, -0.2) is 11.2 Å². The molecule has 0 aromatic rings. The number of hydrogen-bond donors (Lipinski definition) is 0. The molecule has 1 atom stereocenters. The number of carbonyl (C=O) groups is 1. The molecule has 0 aromatic heterocycles. The zero-order chi connectivity index (χ0) is 8.36. The predicted molar refractivity (Wildman–Crippen MR) is 44.4 cm³/mol. The molecule has 0 saturated heterocycles. The van der Waals surface area contributed by atoms with Gasteiger partial charge in [-0.15, -0.1) is 11.6 Å². The molecule has 0 aliphatic carbocycles. The molecule has 0 heterocycles. The van der Waals surface area contributed by atoms with Crippen molar-refractivity contribution in [2.75, 3.05) is 0 Å². The van der Waals surface area contributed by atoms with Crippen LogP contribution in [0.25, 0.3) is 0 Å². The highest BCUT2D eigenvalue weighted by Crippen LogP contribution is 2.23. The van der Waals surface area contributed by atoms with Crippen molar-refractivity contribution in [3.63, 3.8) is 0 Å². The lowest BCUT2D eigenvalue weighted by Gasteiger charge is -2.19. The first-order valence-electron chi connectivity index (χ1n) is 3.47. The summed E-state index contributed by atoms with van der Waals surface area (Å²) in [7, 11) is 0. The number of alkyl halides is 1. The van der Waals surface area contributed by atoms with E-state index in [9.17, 15) is 4.79 Å². The van der Waals surface area contributed by atoms with Crippen LogP contribution in [0.5, 0.6) is 0 Å². The molecule has 0 amide bonds. The predicted octanol–water partition coefficient (Wildman–Crippen LogP) is 2.62. The van der Waals surface area contributed by atoms with Gasteiger partial charge >= 0.3 is 0 Å². The van der Waals surface area contributed by atoms with Crippen LogP contribution in [0.4, 0.5) is 0 Å². The Bertz CT molecular complexity index is 124. The second kappa shape index (κ2) is 3.38. The van der Waals surface area contributed by atoms with Crippen LogP contribution < -0.4 is 0 Å². The second-order valence-electron chi connectivity index (χ2n) is 3.84. The van der Waals surface area contributed by atoms with Crippen LogP contribution in [0.15, 0.2) is 0 Å². The minimum Gasteiger partial charge on any atom is -0.298 e. The molecule has 60 valence electrons. The van der Waals surface area contributed by atoms with Gasteiger partial charge < -0.3 is 0 Å². The highest BCUT2D eigenvalue weighted by atomic mass is 35.5. The van der Waals surface area contributed by atoms with Crippen LogP contribution in [0, 0.1) is 5.41 Å². The molecule has 0 radical (unpaired) electrons. The van der Waals surface area contributed by atoms with E-state index in [1.807, 2.05) is 0 Å². The van der Waals surface area contributed by atoms with Crippen LogP contribution >= 0.6 is 11.6 Å². The van der Waals surface area contributed by atoms with Crippen molar-refractivity contribution < 1.29 is 4.79 Å². The summed E-state index contributed by atoms with van der Waals surface area (Å²) < 4.78 is 0. The van der Waals surface area contributed by atoms with E-state index in [0.29, 0.717) is 0 Å². The Morgan fingerprint density at radius 1 is 1.50 bits per heavy atom. The summed E-state index contributed by atoms with van der Waals surface area (Å²) in [5, 5.41) is -0.306. The number of hydrogen-bond acceptors (Lipinski definition) is 1. The molecule has 0 saturated carbocycles. The molecule has 0 aliphatic rings. The van der Waals surface area contributed by atoms with Crippen molar-refractivity contribution in [1.29, 1.82) is 0 Å². The summed E-state index contributed by atoms with van der Waals surface area (Å²) in [6, 6.07) is 0. The average molecular weight is 163 g/mol. The Hall–Kier alpha value is -0.0400. The topological polar surface area (TPSA) is 17.1 Å². The smallest absolute Gasteiger partial charge is 0.147 e. The maximum Gasteiger partial charge on any atom is 0.147 e. The molecule has 0 fully saturated rings. The lowest BCUT2D eigenvalue weighted by Crippen LogP contribution is -2.18.